The predicted octanol–water partition coefficient (Wildman–Crippen LogP) is 1.70. The molecule has 0 fully saturated rings. The molecule has 0 saturated heterocycles. The van der Waals surface area contributed by atoms with Gasteiger partial charge in [-0.3, -0.25) is 0 Å². The van der Waals surface area contributed by atoms with Crippen LogP contribution in [-0.2, 0) is 6.42 Å². The van der Waals surface area contributed by atoms with Crippen molar-refractivity contribution in [2.75, 3.05) is 0 Å². The fourth-order valence-electron chi connectivity index (χ4n) is 0.932. The molecule has 0 aliphatic rings. The maximum absolute atomic E-state index is 3.98. The van der Waals surface area contributed by atoms with Gasteiger partial charge in [0.2, 0.25) is 0 Å². The molecule has 0 radical (unpaired) electrons. The monoisotopic (exact) mass is 153 g/mol. The summed E-state index contributed by atoms with van der Waals surface area (Å²) in [4.78, 5) is 3.11. The smallest absolute Gasteiger partial charge is 0.130 e. The number of aryl methyl sites for hydroxylation is 2. The van der Waals surface area contributed by atoms with Crippen LogP contribution in [0.3, 0.4) is 0 Å². The van der Waals surface area contributed by atoms with Gasteiger partial charge in [-0.2, -0.15) is 0 Å². The molecule has 0 aromatic carbocycles. The minimum absolute atomic E-state index is 0.736. The van der Waals surface area contributed by atoms with Crippen molar-refractivity contribution >= 4 is 0 Å². The molecule has 1 aromatic rings. The quantitative estimate of drug-likeness (QED) is 0.718. The average Bonchev–Trinajstić information content (AvgIpc) is 2.31. The van der Waals surface area contributed by atoms with E-state index in [1.165, 1.54) is 6.42 Å². The van der Waals surface area contributed by atoms with Gasteiger partial charge in [0.15, 0.2) is 0 Å². The Balaban J connectivity index is 2.39. The first-order chi connectivity index (χ1) is 5.18. The normalized spacial score (nSPS) is 10.9. The third-order valence-corrected chi connectivity index (χ3v) is 1.60. The average molecular weight is 153 g/mol. The van der Waals surface area contributed by atoms with Crippen LogP contribution in [0.15, 0.2) is 0 Å². The van der Waals surface area contributed by atoms with Gasteiger partial charge in [0, 0.05) is 6.42 Å². The van der Waals surface area contributed by atoms with Crippen LogP contribution in [0.5, 0.6) is 0 Å². The van der Waals surface area contributed by atoms with Crippen molar-refractivity contribution in [1.29, 1.82) is 0 Å². The zero-order valence-electron chi connectivity index (χ0n) is 7.39. The second-order valence-electron chi connectivity index (χ2n) is 3.29. The molecular weight excluding hydrogens is 138 g/mol. The first kappa shape index (κ1) is 8.24. The molecule has 1 N–H and O–H groups in total. The molecule has 0 saturated carbocycles. The number of nitrogens with zero attached hydrogens (tertiary/aromatic N) is 2. The fraction of sp³-hybridized carbons (Fsp3) is 0.750. The molecule has 0 spiro atoms. The lowest BCUT2D eigenvalue weighted by molar-refractivity contribution is 0.575. The van der Waals surface area contributed by atoms with E-state index in [0.29, 0.717) is 0 Å². The molecule has 1 aromatic heterocycles. The summed E-state index contributed by atoms with van der Waals surface area (Å²) in [5.74, 6) is 2.65. The van der Waals surface area contributed by atoms with Crippen LogP contribution < -0.4 is 0 Å². The molecule has 0 bridgehead atoms. The molecule has 0 aliphatic carbocycles. The molecule has 11 heavy (non-hydrogen) atoms. The molecule has 1 rings (SSSR count). The van der Waals surface area contributed by atoms with Crippen LogP contribution in [0.1, 0.15) is 31.9 Å². The number of H-pyrrole nitrogens is 1. The molecule has 62 valence electrons. The Labute approximate surface area is 67.2 Å². The second kappa shape index (κ2) is 3.51. The molecule has 0 atom stereocenters. The zero-order valence-corrected chi connectivity index (χ0v) is 7.39. The largest absolute Gasteiger partial charge is 0.329 e. The van der Waals surface area contributed by atoms with E-state index in [-0.39, 0.29) is 0 Å². The summed E-state index contributed by atoms with van der Waals surface area (Å²) >= 11 is 0. The summed E-state index contributed by atoms with van der Waals surface area (Å²) in [6.45, 7) is 6.35. The second-order valence-corrected chi connectivity index (χ2v) is 3.29. The van der Waals surface area contributed by atoms with Gasteiger partial charge in [0.1, 0.15) is 11.6 Å². The fourth-order valence-corrected chi connectivity index (χ4v) is 0.932. The summed E-state index contributed by atoms with van der Waals surface area (Å²) in [5, 5.41) is 7.87. The lowest BCUT2D eigenvalue weighted by Gasteiger charge is -1.99. The topological polar surface area (TPSA) is 41.6 Å². The number of aromatic amines is 1. The van der Waals surface area contributed by atoms with Gasteiger partial charge < -0.3 is 4.98 Å². The number of nitrogens with one attached hydrogen (secondary N) is 1. The molecule has 0 unspecified atom stereocenters. The molecule has 0 aliphatic heterocycles. The summed E-state index contributed by atoms with van der Waals surface area (Å²) in [6.07, 6.45) is 2.19. The maximum atomic E-state index is 3.98. The Hall–Kier alpha value is -0.860. The van der Waals surface area contributed by atoms with E-state index in [1.54, 1.807) is 0 Å². The third kappa shape index (κ3) is 2.70. The van der Waals surface area contributed by atoms with Crippen LogP contribution in [0.25, 0.3) is 0 Å². The van der Waals surface area contributed by atoms with Crippen LogP contribution in [0, 0.1) is 12.8 Å². The van der Waals surface area contributed by atoms with Crippen molar-refractivity contribution < 1.29 is 0 Å². The van der Waals surface area contributed by atoms with E-state index in [0.717, 1.165) is 24.0 Å². The van der Waals surface area contributed by atoms with Crippen molar-refractivity contribution in [2.45, 2.75) is 33.6 Å². The van der Waals surface area contributed by atoms with E-state index < -0.39 is 0 Å². The van der Waals surface area contributed by atoms with Crippen LogP contribution >= 0.6 is 0 Å². The highest BCUT2D eigenvalue weighted by Gasteiger charge is 2.00. The summed E-state index contributed by atoms with van der Waals surface area (Å²) < 4.78 is 0. The van der Waals surface area contributed by atoms with Crippen molar-refractivity contribution in [1.82, 2.24) is 15.2 Å². The summed E-state index contributed by atoms with van der Waals surface area (Å²) in [7, 11) is 0. The number of rotatable bonds is 3. The van der Waals surface area contributed by atoms with E-state index in [1.807, 2.05) is 6.92 Å². The predicted molar refractivity (Wildman–Crippen MR) is 44.3 cm³/mol. The molecule has 1 heterocycles. The molecule has 3 heteroatoms. The van der Waals surface area contributed by atoms with E-state index in [4.69, 9.17) is 0 Å². The van der Waals surface area contributed by atoms with Gasteiger partial charge in [-0.25, -0.2) is 0 Å². The Morgan fingerprint density at radius 3 is 2.55 bits per heavy atom. The van der Waals surface area contributed by atoms with Gasteiger partial charge >= 0.3 is 0 Å². The Bertz CT molecular complexity index is 215. The van der Waals surface area contributed by atoms with Crippen LogP contribution in [-0.4, -0.2) is 15.2 Å². The standard InChI is InChI=1S/C8H15N3/c1-6(2)4-5-8-9-7(3)10-11-8/h6H,4-5H2,1-3H3,(H,9,10,11). The minimum atomic E-state index is 0.736. The highest BCUT2D eigenvalue weighted by atomic mass is 15.2. The van der Waals surface area contributed by atoms with Gasteiger partial charge in [0.05, 0.1) is 0 Å². The third-order valence-electron chi connectivity index (χ3n) is 1.60. The van der Waals surface area contributed by atoms with Crippen molar-refractivity contribution in [2.24, 2.45) is 5.92 Å². The van der Waals surface area contributed by atoms with Crippen molar-refractivity contribution in [3.8, 4) is 0 Å². The molecule has 0 amide bonds. The van der Waals surface area contributed by atoms with E-state index in [9.17, 15) is 0 Å². The zero-order chi connectivity index (χ0) is 8.27. The molecular formula is C8H15N3. The number of hydrogen-bond donors (Lipinski definition) is 1. The number of aromatic nitrogens is 3. The lowest BCUT2D eigenvalue weighted by atomic mass is 10.1. The Morgan fingerprint density at radius 1 is 1.36 bits per heavy atom. The van der Waals surface area contributed by atoms with Gasteiger partial charge in [-0.05, 0) is 19.3 Å². The van der Waals surface area contributed by atoms with Crippen molar-refractivity contribution in [3.63, 3.8) is 0 Å². The van der Waals surface area contributed by atoms with Gasteiger partial charge in [-0.1, -0.05) is 13.8 Å². The Morgan fingerprint density at radius 2 is 2.09 bits per heavy atom. The van der Waals surface area contributed by atoms with Crippen molar-refractivity contribution in [3.05, 3.63) is 11.6 Å². The van der Waals surface area contributed by atoms with Crippen LogP contribution in [0.4, 0.5) is 0 Å². The lowest BCUT2D eigenvalue weighted by Crippen LogP contribution is -1.93. The SMILES string of the molecule is Cc1nnc(CCC(C)C)[nH]1. The van der Waals surface area contributed by atoms with Gasteiger partial charge in [0.25, 0.3) is 0 Å². The number of hydrogen-bond acceptors (Lipinski definition) is 2. The van der Waals surface area contributed by atoms with E-state index >= 15 is 0 Å². The van der Waals surface area contributed by atoms with Gasteiger partial charge in [-0.15, -0.1) is 10.2 Å². The first-order valence-electron chi connectivity index (χ1n) is 4.06. The maximum Gasteiger partial charge on any atom is 0.130 e. The molecule has 3 nitrogen and oxygen atoms in total. The van der Waals surface area contributed by atoms with Crippen LogP contribution in [0.2, 0.25) is 0 Å². The summed E-state index contributed by atoms with van der Waals surface area (Å²) in [6, 6.07) is 0. The first-order valence-corrected chi connectivity index (χ1v) is 4.06. The highest BCUT2D eigenvalue weighted by molar-refractivity contribution is 4.87. The minimum Gasteiger partial charge on any atom is -0.329 e. The van der Waals surface area contributed by atoms with E-state index in [2.05, 4.69) is 29.0 Å². The Kier molecular flexibility index (Phi) is 2.63. The summed E-state index contributed by atoms with van der Waals surface area (Å²) in [5.41, 5.74) is 0. The highest BCUT2D eigenvalue weighted by Crippen LogP contribution is 2.04.